The molecule has 0 saturated heterocycles. The molecule has 1 aliphatic rings. The summed E-state index contributed by atoms with van der Waals surface area (Å²) in [4.78, 5) is 0. The average Bonchev–Trinajstić information content (AvgIpc) is 3.31. The highest BCUT2D eigenvalue weighted by atomic mass is 16.5. The van der Waals surface area contributed by atoms with Crippen LogP contribution < -0.4 is 4.74 Å². The molecule has 0 heterocycles. The van der Waals surface area contributed by atoms with Gasteiger partial charge in [-0.25, -0.2) is 0 Å². The van der Waals surface area contributed by atoms with Crippen molar-refractivity contribution in [2.24, 2.45) is 0 Å². The summed E-state index contributed by atoms with van der Waals surface area (Å²) < 4.78 is 5.82. The van der Waals surface area contributed by atoms with E-state index >= 15 is 0 Å². The molecule has 0 spiro atoms. The summed E-state index contributed by atoms with van der Waals surface area (Å²) >= 11 is 0. The first-order valence-electron chi connectivity index (χ1n) is 7.57. The van der Waals surface area contributed by atoms with Crippen molar-refractivity contribution >= 4 is 0 Å². The van der Waals surface area contributed by atoms with E-state index in [4.69, 9.17) is 4.74 Å². The Labute approximate surface area is 126 Å². The molecule has 2 aromatic carbocycles. The van der Waals surface area contributed by atoms with Crippen molar-refractivity contribution in [2.75, 3.05) is 0 Å². The molecule has 1 atom stereocenters. The van der Waals surface area contributed by atoms with E-state index in [-0.39, 0.29) is 5.41 Å². The van der Waals surface area contributed by atoms with Gasteiger partial charge in [0.1, 0.15) is 5.75 Å². The van der Waals surface area contributed by atoms with Crippen molar-refractivity contribution in [1.29, 1.82) is 0 Å². The highest BCUT2D eigenvalue weighted by Crippen LogP contribution is 2.38. The van der Waals surface area contributed by atoms with Gasteiger partial charge in [-0.05, 0) is 36.1 Å². The van der Waals surface area contributed by atoms with E-state index in [0.717, 1.165) is 29.7 Å². The smallest absolute Gasteiger partial charge is 0.120 e. The summed E-state index contributed by atoms with van der Waals surface area (Å²) in [7, 11) is 0. The first-order valence-corrected chi connectivity index (χ1v) is 7.57. The van der Waals surface area contributed by atoms with E-state index in [2.05, 4.69) is 26.0 Å². The van der Waals surface area contributed by atoms with Gasteiger partial charge < -0.3 is 9.84 Å². The van der Waals surface area contributed by atoms with Crippen molar-refractivity contribution in [3.05, 3.63) is 65.7 Å². The third kappa shape index (κ3) is 3.11. The molecular weight excluding hydrogens is 260 g/mol. The van der Waals surface area contributed by atoms with Crippen LogP contribution in [0, 0.1) is 0 Å². The maximum atomic E-state index is 10.8. The normalized spacial score (nSPS) is 16.5. The lowest BCUT2D eigenvalue weighted by molar-refractivity contribution is 0.0999. The Kier molecular flexibility index (Phi) is 3.73. The molecule has 3 rings (SSSR count). The maximum Gasteiger partial charge on any atom is 0.120 e. The Morgan fingerprint density at radius 1 is 1.05 bits per heavy atom. The number of hydrogen-bond donors (Lipinski definition) is 1. The molecule has 1 N–H and O–H groups in total. The van der Waals surface area contributed by atoms with E-state index in [1.54, 1.807) is 0 Å². The number of hydrogen-bond acceptors (Lipinski definition) is 2. The van der Waals surface area contributed by atoms with E-state index in [0.29, 0.717) is 6.10 Å². The fraction of sp³-hybridized carbons (Fsp3) is 0.368. The van der Waals surface area contributed by atoms with E-state index in [1.165, 1.54) is 0 Å². The topological polar surface area (TPSA) is 29.5 Å². The molecule has 0 aromatic heterocycles. The molecule has 2 aromatic rings. The molecule has 1 unspecified atom stereocenters. The molecule has 1 fully saturated rings. The van der Waals surface area contributed by atoms with Crippen molar-refractivity contribution in [3.8, 4) is 5.75 Å². The average molecular weight is 282 g/mol. The lowest BCUT2D eigenvalue weighted by Gasteiger charge is -2.31. The second-order valence-electron chi connectivity index (χ2n) is 6.38. The predicted molar refractivity (Wildman–Crippen MR) is 84.5 cm³/mol. The number of rotatable bonds is 5. The molecular formula is C19H22O2. The van der Waals surface area contributed by atoms with E-state index in [1.807, 2.05) is 42.5 Å². The lowest BCUT2D eigenvalue weighted by atomic mass is 9.77. The highest BCUT2D eigenvalue weighted by Gasteiger charge is 2.31. The van der Waals surface area contributed by atoms with Crippen LogP contribution in [0.5, 0.6) is 5.75 Å². The standard InChI is InChI=1S/C19H22O2/c1-19(2,15-8-4-3-5-9-15)18(20)14-7-6-10-17(13-14)21-16-11-12-16/h3-10,13,16,18,20H,11-12H2,1-2H3. The van der Waals surface area contributed by atoms with Crippen molar-refractivity contribution in [1.82, 2.24) is 0 Å². The molecule has 0 amide bonds. The van der Waals surface area contributed by atoms with Crippen molar-refractivity contribution in [2.45, 2.75) is 44.3 Å². The summed E-state index contributed by atoms with van der Waals surface area (Å²) in [6, 6.07) is 18.0. The fourth-order valence-corrected chi connectivity index (χ4v) is 2.58. The van der Waals surface area contributed by atoms with Crippen LogP contribution in [0.15, 0.2) is 54.6 Å². The van der Waals surface area contributed by atoms with Gasteiger partial charge in [0.2, 0.25) is 0 Å². The van der Waals surface area contributed by atoms with Crippen LogP contribution in [-0.4, -0.2) is 11.2 Å². The first kappa shape index (κ1) is 14.2. The number of aliphatic hydroxyl groups excluding tert-OH is 1. The van der Waals surface area contributed by atoms with Crippen LogP contribution in [0.25, 0.3) is 0 Å². The van der Waals surface area contributed by atoms with Gasteiger partial charge in [-0.3, -0.25) is 0 Å². The van der Waals surface area contributed by atoms with Gasteiger partial charge in [0, 0.05) is 5.41 Å². The van der Waals surface area contributed by atoms with Crippen molar-refractivity contribution < 1.29 is 9.84 Å². The minimum absolute atomic E-state index is 0.348. The first-order chi connectivity index (χ1) is 10.1. The fourth-order valence-electron chi connectivity index (χ4n) is 2.58. The van der Waals surface area contributed by atoms with Crippen LogP contribution in [0.1, 0.15) is 43.9 Å². The zero-order valence-electron chi connectivity index (χ0n) is 12.6. The van der Waals surface area contributed by atoms with E-state index < -0.39 is 6.10 Å². The van der Waals surface area contributed by atoms with Crippen LogP contribution in [0.2, 0.25) is 0 Å². The van der Waals surface area contributed by atoms with Crippen LogP contribution >= 0.6 is 0 Å². The third-order valence-corrected chi connectivity index (χ3v) is 4.20. The lowest BCUT2D eigenvalue weighted by Crippen LogP contribution is -2.26. The zero-order valence-corrected chi connectivity index (χ0v) is 12.6. The number of benzene rings is 2. The summed E-state index contributed by atoms with van der Waals surface area (Å²) in [6.45, 7) is 4.14. The Hall–Kier alpha value is -1.80. The van der Waals surface area contributed by atoms with Crippen LogP contribution in [-0.2, 0) is 5.41 Å². The molecule has 1 aliphatic carbocycles. The van der Waals surface area contributed by atoms with Crippen LogP contribution in [0.4, 0.5) is 0 Å². The predicted octanol–water partition coefficient (Wildman–Crippen LogP) is 4.24. The molecule has 110 valence electrons. The zero-order chi connectivity index (χ0) is 14.9. The van der Waals surface area contributed by atoms with Gasteiger partial charge in [0.05, 0.1) is 12.2 Å². The Bertz CT molecular complexity index is 600. The second-order valence-corrected chi connectivity index (χ2v) is 6.38. The summed E-state index contributed by atoms with van der Waals surface area (Å²) in [5, 5.41) is 10.8. The van der Waals surface area contributed by atoms with Gasteiger partial charge >= 0.3 is 0 Å². The highest BCUT2D eigenvalue weighted by molar-refractivity contribution is 5.35. The Morgan fingerprint density at radius 3 is 2.43 bits per heavy atom. The van der Waals surface area contributed by atoms with Gasteiger partial charge in [0.25, 0.3) is 0 Å². The quantitative estimate of drug-likeness (QED) is 0.889. The number of ether oxygens (including phenoxy) is 1. The minimum Gasteiger partial charge on any atom is -0.490 e. The molecule has 0 radical (unpaired) electrons. The third-order valence-electron chi connectivity index (χ3n) is 4.20. The number of aliphatic hydroxyl groups is 1. The second kappa shape index (κ2) is 5.53. The summed E-state index contributed by atoms with van der Waals surface area (Å²) in [5.74, 6) is 0.859. The monoisotopic (exact) mass is 282 g/mol. The largest absolute Gasteiger partial charge is 0.490 e. The molecule has 0 bridgehead atoms. The van der Waals surface area contributed by atoms with Gasteiger partial charge in [-0.1, -0.05) is 56.3 Å². The van der Waals surface area contributed by atoms with E-state index in [9.17, 15) is 5.11 Å². The maximum absolute atomic E-state index is 10.8. The Balaban J connectivity index is 1.84. The molecule has 21 heavy (non-hydrogen) atoms. The molecule has 0 aliphatic heterocycles. The molecule has 2 heteroatoms. The molecule has 2 nitrogen and oxygen atoms in total. The van der Waals surface area contributed by atoms with Gasteiger partial charge in [-0.15, -0.1) is 0 Å². The Morgan fingerprint density at radius 2 is 1.76 bits per heavy atom. The van der Waals surface area contributed by atoms with Crippen molar-refractivity contribution in [3.63, 3.8) is 0 Å². The molecule has 1 saturated carbocycles. The van der Waals surface area contributed by atoms with Gasteiger partial charge in [0.15, 0.2) is 0 Å². The van der Waals surface area contributed by atoms with Crippen LogP contribution in [0.3, 0.4) is 0 Å². The summed E-state index contributed by atoms with van der Waals surface area (Å²) in [5.41, 5.74) is 1.69. The summed E-state index contributed by atoms with van der Waals surface area (Å²) in [6.07, 6.45) is 2.09. The minimum atomic E-state index is -0.567. The SMILES string of the molecule is CC(C)(c1ccccc1)C(O)c1cccc(OC2CC2)c1. The van der Waals surface area contributed by atoms with Gasteiger partial charge in [-0.2, -0.15) is 0 Å².